The summed E-state index contributed by atoms with van der Waals surface area (Å²) < 4.78 is 0. The van der Waals surface area contributed by atoms with E-state index in [2.05, 4.69) is 5.16 Å². The summed E-state index contributed by atoms with van der Waals surface area (Å²) >= 11 is 11.8. The largest absolute Gasteiger partial charge is 0.378 e. The number of anilines is 1. The number of nitrogens with zero attached hydrogens (tertiary/aromatic N) is 2. The second-order valence-corrected chi connectivity index (χ2v) is 5.80. The smallest absolute Gasteiger partial charge is 0.281 e. The van der Waals surface area contributed by atoms with Crippen molar-refractivity contribution in [2.75, 3.05) is 4.90 Å². The van der Waals surface area contributed by atoms with Crippen LogP contribution in [0.4, 0.5) is 5.69 Å². The standard InChI is InChI=1S/C13H10Cl2N2O3/c1-7-5-13(20-16-7)6-11(18)17(12(13)19)10-3-8(14)2-9(15)4-10/h2-4H,5-6H2,1H3. The molecule has 7 heteroatoms. The monoisotopic (exact) mass is 312 g/mol. The Morgan fingerprint density at radius 1 is 1.20 bits per heavy atom. The molecule has 104 valence electrons. The van der Waals surface area contributed by atoms with E-state index in [-0.39, 0.29) is 12.3 Å². The van der Waals surface area contributed by atoms with Crippen molar-refractivity contribution in [3.63, 3.8) is 0 Å². The molecule has 1 aromatic rings. The van der Waals surface area contributed by atoms with Crippen LogP contribution < -0.4 is 4.90 Å². The molecule has 0 saturated carbocycles. The van der Waals surface area contributed by atoms with Crippen molar-refractivity contribution in [3.8, 4) is 0 Å². The molecule has 0 aromatic heterocycles. The number of imide groups is 1. The molecule has 3 rings (SSSR count). The van der Waals surface area contributed by atoms with Crippen molar-refractivity contribution >= 4 is 46.4 Å². The molecule has 1 fully saturated rings. The van der Waals surface area contributed by atoms with Gasteiger partial charge >= 0.3 is 0 Å². The van der Waals surface area contributed by atoms with E-state index in [0.717, 1.165) is 4.90 Å². The van der Waals surface area contributed by atoms with Gasteiger partial charge in [-0.15, -0.1) is 0 Å². The van der Waals surface area contributed by atoms with Crippen molar-refractivity contribution in [1.29, 1.82) is 0 Å². The molecule has 0 bridgehead atoms. The highest BCUT2D eigenvalue weighted by atomic mass is 35.5. The van der Waals surface area contributed by atoms with Crippen LogP contribution in [0.2, 0.25) is 10.0 Å². The summed E-state index contributed by atoms with van der Waals surface area (Å²) in [5.74, 6) is -0.778. The summed E-state index contributed by atoms with van der Waals surface area (Å²) in [6, 6.07) is 4.57. The second-order valence-electron chi connectivity index (χ2n) is 4.93. The summed E-state index contributed by atoms with van der Waals surface area (Å²) in [7, 11) is 0. The molecule has 0 N–H and O–H groups in total. The van der Waals surface area contributed by atoms with Gasteiger partial charge in [0.05, 0.1) is 17.8 Å². The number of oxime groups is 1. The Morgan fingerprint density at radius 3 is 2.40 bits per heavy atom. The van der Waals surface area contributed by atoms with Crippen LogP contribution in [0.25, 0.3) is 0 Å². The number of amides is 2. The van der Waals surface area contributed by atoms with Gasteiger partial charge in [0.25, 0.3) is 5.91 Å². The molecule has 5 nitrogen and oxygen atoms in total. The first-order chi connectivity index (χ1) is 9.41. The lowest BCUT2D eigenvalue weighted by Gasteiger charge is -2.19. The molecule has 1 atom stereocenters. The molecular formula is C13H10Cl2N2O3. The molecule has 0 aliphatic carbocycles. The van der Waals surface area contributed by atoms with Gasteiger partial charge < -0.3 is 4.84 Å². The quantitative estimate of drug-likeness (QED) is 0.749. The minimum Gasteiger partial charge on any atom is -0.378 e. The minimum atomic E-state index is -1.20. The van der Waals surface area contributed by atoms with Crippen LogP contribution >= 0.6 is 23.2 Å². The van der Waals surface area contributed by atoms with E-state index in [0.29, 0.717) is 27.9 Å². The van der Waals surface area contributed by atoms with E-state index in [4.69, 9.17) is 28.0 Å². The zero-order valence-electron chi connectivity index (χ0n) is 10.5. The molecule has 2 amide bonds. The summed E-state index contributed by atoms with van der Waals surface area (Å²) in [4.78, 5) is 31.0. The predicted molar refractivity (Wildman–Crippen MR) is 75.1 cm³/mol. The van der Waals surface area contributed by atoms with Crippen molar-refractivity contribution in [2.24, 2.45) is 5.16 Å². The lowest BCUT2D eigenvalue weighted by atomic mass is 9.96. The molecule has 1 aromatic carbocycles. The normalized spacial score (nSPS) is 25.4. The maximum absolute atomic E-state index is 12.5. The first-order valence-corrected chi connectivity index (χ1v) is 6.72. The third-order valence-corrected chi connectivity index (χ3v) is 3.74. The Labute approximate surface area is 125 Å². The summed E-state index contributed by atoms with van der Waals surface area (Å²) in [6.07, 6.45) is 0.291. The second kappa shape index (κ2) is 4.46. The average molecular weight is 313 g/mol. The molecule has 0 radical (unpaired) electrons. The summed E-state index contributed by atoms with van der Waals surface area (Å²) in [5, 5.41) is 4.50. The number of hydrogen-bond acceptors (Lipinski definition) is 4. The van der Waals surface area contributed by atoms with Gasteiger partial charge in [-0.3, -0.25) is 9.59 Å². The van der Waals surface area contributed by atoms with Gasteiger partial charge in [0.2, 0.25) is 11.5 Å². The van der Waals surface area contributed by atoms with Gasteiger partial charge in [-0.05, 0) is 25.1 Å². The van der Waals surface area contributed by atoms with Gasteiger partial charge in [-0.25, -0.2) is 4.90 Å². The van der Waals surface area contributed by atoms with E-state index >= 15 is 0 Å². The summed E-state index contributed by atoms with van der Waals surface area (Å²) in [5.41, 5.74) is -0.157. The first kappa shape index (κ1) is 13.4. The van der Waals surface area contributed by atoms with Crippen molar-refractivity contribution in [2.45, 2.75) is 25.4 Å². The number of benzene rings is 1. The fraction of sp³-hybridized carbons (Fsp3) is 0.308. The van der Waals surface area contributed by atoms with Gasteiger partial charge in [0.1, 0.15) is 0 Å². The zero-order chi connectivity index (χ0) is 14.5. The van der Waals surface area contributed by atoms with E-state index < -0.39 is 11.5 Å². The minimum absolute atomic E-state index is 0.0309. The van der Waals surface area contributed by atoms with E-state index in [9.17, 15) is 9.59 Å². The van der Waals surface area contributed by atoms with Crippen molar-refractivity contribution in [1.82, 2.24) is 0 Å². The Balaban J connectivity index is 1.99. The predicted octanol–water partition coefficient (Wildman–Crippen LogP) is 2.79. The number of hydrogen-bond donors (Lipinski definition) is 0. The van der Waals surface area contributed by atoms with Crippen molar-refractivity contribution in [3.05, 3.63) is 28.2 Å². The van der Waals surface area contributed by atoms with Gasteiger partial charge in [0, 0.05) is 16.5 Å². The topological polar surface area (TPSA) is 59.0 Å². The van der Waals surface area contributed by atoms with E-state index in [1.165, 1.54) is 18.2 Å². The van der Waals surface area contributed by atoms with Gasteiger partial charge in [-0.2, -0.15) is 0 Å². The Morgan fingerprint density at radius 2 is 1.85 bits per heavy atom. The first-order valence-electron chi connectivity index (χ1n) is 5.96. The number of carbonyl (C=O) groups excluding carboxylic acids is 2. The van der Waals surface area contributed by atoms with E-state index in [1.54, 1.807) is 6.92 Å². The molecule has 2 aliphatic rings. The Kier molecular flexibility index (Phi) is 2.99. The van der Waals surface area contributed by atoms with Crippen LogP contribution in [0, 0.1) is 0 Å². The van der Waals surface area contributed by atoms with E-state index in [1.807, 2.05) is 0 Å². The van der Waals surface area contributed by atoms with Crippen LogP contribution in [-0.4, -0.2) is 23.1 Å². The third kappa shape index (κ3) is 1.98. The molecule has 2 aliphatic heterocycles. The van der Waals surface area contributed by atoms with Crippen LogP contribution in [0.15, 0.2) is 23.4 Å². The number of rotatable bonds is 1. The van der Waals surface area contributed by atoms with Crippen LogP contribution in [-0.2, 0) is 14.4 Å². The van der Waals surface area contributed by atoms with Gasteiger partial charge in [0.15, 0.2) is 0 Å². The van der Waals surface area contributed by atoms with Crippen LogP contribution in [0.3, 0.4) is 0 Å². The van der Waals surface area contributed by atoms with Crippen molar-refractivity contribution < 1.29 is 14.4 Å². The SMILES string of the molecule is CC1=NOC2(CC(=O)N(c3cc(Cl)cc(Cl)c3)C2=O)C1. The fourth-order valence-corrected chi connectivity index (χ4v) is 3.01. The molecule has 20 heavy (non-hydrogen) atoms. The summed E-state index contributed by atoms with van der Waals surface area (Å²) in [6.45, 7) is 1.76. The van der Waals surface area contributed by atoms with Crippen LogP contribution in [0.5, 0.6) is 0 Å². The molecule has 1 spiro atoms. The maximum atomic E-state index is 12.5. The maximum Gasteiger partial charge on any atom is 0.281 e. The van der Waals surface area contributed by atoms with Gasteiger partial charge in [-0.1, -0.05) is 28.4 Å². The number of carbonyl (C=O) groups is 2. The Hall–Kier alpha value is -1.59. The molecule has 2 heterocycles. The molecule has 1 unspecified atom stereocenters. The lowest BCUT2D eigenvalue weighted by molar-refractivity contribution is -0.136. The fourth-order valence-electron chi connectivity index (χ4n) is 2.50. The zero-order valence-corrected chi connectivity index (χ0v) is 12.0. The molecule has 1 saturated heterocycles. The average Bonchev–Trinajstić information content (AvgIpc) is 2.80. The van der Waals surface area contributed by atoms with Crippen LogP contribution in [0.1, 0.15) is 19.8 Å². The number of halogens is 2. The molecular weight excluding hydrogens is 303 g/mol. The highest BCUT2D eigenvalue weighted by Crippen LogP contribution is 2.39. The third-order valence-electron chi connectivity index (χ3n) is 3.30. The highest BCUT2D eigenvalue weighted by molar-refractivity contribution is 6.36. The lowest BCUT2D eigenvalue weighted by Crippen LogP contribution is -2.40. The Bertz CT molecular complexity index is 639. The highest BCUT2D eigenvalue weighted by Gasteiger charge is 2.57.